The molecule has 0 unspecified atom stereocenters. The van der Waals surface area contributed by atoms with E-state index in [1.807, 2.05) is 0 Å². The van der Waals surface area contributed by atoms with Crippen molar-refractivity contribution < 1.29 is 27.3 Å². The predicted molar refractivity (Wildman–Crippen MR) is 95.0 cm³/mol. The summed E-state index contributed by atoms with van der Waals surface area (Å²) >= 11 is 0. The third-order valence-corrected chi connectivity index (χ3v) is 4.07. The quantitative estimate of drug-likeness (QED) is 0.370. The van der Waals surface area contributed by atoms with Gasteiger partial charge in [-0.15, -0.1) is 0 Å². The minimum atomic E-state index is -5.03. The molecule has 2 heterocycles. The van der Waals surface area contributed by atoms with Crippen molar-refractivity contribution in [2.75, 3.05) is 5.32 Å². The van der Waals surface area contributed by atoms with E-state index < -0.39 is 46.4 Å². The third-order valence-electron chi connectivity index (χ3n) is 4.07. The predicted octanol–water partition coefficient (Wildman–Crippen LogP) is 3.14. The molecule has 0 fully saturated rings. The molecule has 9 nitrogen and oxygen atoms in total. The number of alkyl halides is 3. The molecule has 1 aromatic carbocycles. The van der Waals surface area contributed by atoms with Gasteiger partial charge in [0, 0.05) is 6.20 Å². The van der Waals surface area contributed by atoms with Gasteiger partial charge >= 0.3 is 11.9 Å². The average molecular weight is 426 g/mol. The number of rotatable bonds is 6. The number of hydrogen-bond acceptors (Lipinski definition) is 5. The van der Waals surface area contributed by atoms with E-state index in [1.165, 1.54) is 35.3 Å². The van der Waals surface area contributed by atoms with Gasteiger partial charge in [-0.25, -0.2) is 4.39 Å². The third kappa shape index (κ3) is 4.61. The summed E-state index contributed by atoms with van der Waals surface area (Å²) in [5.41, 5.74) is -2.38. The molecule has 0 bridgehead atoms. The molecule has 0 aliphatic rings. The van der Waals surface area contributed by atoms with Crippen molar-refractivity contribution in [3.63, 3.8) is 0 Å². The van der Waals surface area contributed by atoms with Crippen LogP contribution in [0.2, 0.25) is 0 Å². The fraction of sp³-hybridized carbons (Fsp3) is 0.235. The Balaban J connectivity index is 1.71. The number of nitro groups is 1. The van der Waals surface area contributed by atoms with Crippen LogP contribution < -0.4 is 5.32 Å². The van der Waals surface area contributed by atoms with Gasteiger partial charge in [0.25, 0.3) is 0 Å². The van der Waals surface area contributed by atoms with Crippen molar-refractivity contribution in [3.8, 4) is 0 Å². The van der Waals surface area contributed by atoms with Crippen LogP contribution in [0.15, 0.2) is 36.7 Å². The van der Waals surface area contributed by atoms with Crippen molar-refractivity contribution >= 4 is 17.3 Å². The maximum atomic E-state index is 13.2. The molecule has 2 aromatic heterocycles. The highest BCUT2D eigenvalue weighted by Gasteiger charge is 2.44. The van der Waals surface area contributed by atoms with Crippen molar-refractivity contribution in [2.24, 2.45) is 0 Å². The molecule has 30 heavy (non-hydrogen) atoms. The summed E-state index contributed by atoms with van der Waals surface area (Å²) < 4.78 is 54.2. The molecule has 1 amide bonds. The Bertz CT molecular complexity index is 1110. The van der Waals surface area contributed by atoms with E-state index in [1.54, 1.807) is 6.07 Å². The molecule has 0 aliphatic carbocycles. The first-order valence-electron chi connectivity index (χ1n) is 8.40. The monoisotopic (exact) mass is 426 g/mol. The molecule has 3 aromatic rings. The number of nitrogens with one attached hydrogen (secondary N) is 1. The highest BCUT2D eigenvalue weighted by molar-refractivity contribution is 5.90. The lowest BCUT2D eigenvalue weighted by molar-refractivity contribution is -0.388. The number of carbonyl (C=O) groups excluding carboxylic acids is 1. The smallest absolute Gasteiger partial charge is 0.322 e. The second kappa shape index (κ2) is 7.93. The lowest BCUT2D eigenvalue weighted by Crippen LogP contribution is -2.20. The minimum absolute atomic E-state index is 0.229. The van der Waals surface area contributed by atoms with Crippen LogP contribution in [0.3, 0.4) is 0 Å². The summed E-state index contributed by atoms with van der Waals surface area (Å²) in [6.45, 7) is 0.634. The summed E-state index contributed by atoms with van der Waals surface area (Å²) in [5, 5.41) is 20.6. The molecule has 0 radical (unpaired) electrons. The van der Waals surface area contributed by atoms with E-state index in [0.29, 0.717) is 10.2 Å². The summed E-state index contributed by atoms with van der Waals surface area (Å²) in [6, 6.07) is 5.85. The van der Waals surface area contributed by atoms with Gasteiger partial charge in [0.05, 0.1) is 23.4 Å². The molecule has 1 N–H and O–H groups in total. The van der Waals surface area contributed by atoms with Gasteiger partial charge in [-0.3, -0.25) is 24.3 Å². The van der Waals surface area contributed by atoms with Crippen molar-refractivity contribution in [1.29, 1.82) is 0 Å². The van der Waals surface area contributed by atoms with E-state index in [-0.39, 0.29) is 12.2 Å². The first-order valence-corrected chi connectivity index (χ1v) is 8.40. The van der Waals surface area contributed by atoms with Crippen molar-refractivity contribution in [2.45, 2.75) is 26.2 Å². The summed E-state index contributed by atoms with van der Waals surface area (Å²) in [4.78, 5) is 22.0. The van der Waals surface area contributed by atoms with E-state index in [0.717, 1.165) is 6.92 Å². The standard InChI is InChI=1S/C17H14F4N6O3/c1-10-15(27(29)30)16(17(19,20)21)24-26(10)9-14(28)23-13-6-22-25(8-13)7-11-3-2-4-12(18)5-11/h2-6,8H,7,9H2,1H3,(H,23,28). The van der Waals surface area contributed by atoms with Crippen LogP contribution >= 0.6 is 0 Å². The van der Waals surface area contributed by atoms with Crippen molar-refractivity contribution in [1.82, 2.24) is 19.6 Å². The van der Waals surface area contributed by atoms with E-state index >= 15 is 0 Å². The molecular formula is C17H14F4N6O3. The van der Waals surface area contributed by atoms with Crippen molar-refractivity contribution in [3.05, 3.63) is 69.5 Å². The topological polar surface area (TPSA) is 108 Å². The Morgan fingerprint density at radius 2 is 2.07 bits per heavy atom. The molecule has 3 rings (SSSR count). The van der Waals surface area contributed by atoms with Gasteiger partial charge in [0.1, 0.15) is 18.1 Å². The van der Waals surface area contributed by atoms with Crippen LogP contribution in [0, 0.1) is 22.9 Å². The van der Waals surface area contributed by atoms with Gasteiger partial charge in [-0.2, -0.15) is 23.4 Å². The van der Waals surface area contributed by atoms with Gasteiger partial charge < -0.3 is 5.32 Å². The Morgan fingerprint density at radius 3 is 2.67 bits per heavy atom. The molecule has 158 valence electrons. The Labute approximate surface area is 166 Å². The lowest BCUT2D eigenvalue weighted by atomic mass is 10.2. The van der Waals surface area contributed by atoms with Gasteiger partial charge in [0.15, 0.2) is 0 Å². The molecular weight excluding hydrogens is 412 g/mol. The number of nitrogens with zero attached hydrogens (tertiary/aromatic N) is 5. The van der Waals surface area contributed by atoms with E-state index in [4.69, 9.17) is 0 Å². The Kier molecular flexibility index (Phi) is 5.54. The number of amides is 1. The second-order valence-electron chi connectivity index (χ2n) is 6.30. The van der Waals surface area contributed by atoms with Crippen LogP contribution in [-0.4, -0.2) is 30.4 Å². The largest absolute Gasteiger partial charge is 0.442 e. The number of aromatic nitrogens is 4. The lowest BCUT2D eigenvalue weighted by Gasteiger charge is -2.05. The maximum Gasteiger partial charge on any atom is 0.442 e. The van der Waals surface area contributed by atoms with Crippen LogP contribution in [0.5, 0.6) is 0 Å². The number of halogens is 4. The number of hydrogen-bond donors (Lipinski definition) is 1. The van der Waals surface area contributed by atoms with Crippen LogP contribution in [0.25, 0.3) is 0 Å². The normalized spacial score (nSPS) is 11.5. The fourth-order valence-electron chi connectivity index (χ4n) is 2.77. The van der Waals surface area contributed by atoms with Gasteiger partial charge in [-0.1, -0.05) is 12.1 Å². The molecule has 0 atom stereocenters. The van der Waals surface area contributed by atoms with Gasteiger partial charge in [0.2, 0.25) is 11.6 Å². The van der Waals surface area contributed by atoms with Gasteiger partial charge in [-0.05, 0) is 24.6 Å². The summed E-state index contributed by atoms with van der Waals surface area (Å²) in [5.74, 6) is -1.16. The number of anilines is 1. The van der Waals surface area contributed by atoms with E-state index in [9.17, 15) is 32.5 Å². The zero-order chi connectivity index (χ0) is 22.1. The molecule has 13 heteroatoms. The maximum absolute atomic E-state index is 13.2. The molecule has 0 aliphatic heterocycles. The van der Waals surface area contributed by atoms with E-state index in [2.05, 4.69) is 15.5 Å². The fourth-order valence-corrected chi connectivity index (χ4v) is 2.77. The van der Waals surface area contributed by atoms with Crippen LogP contribution in [0.4, 0.5) is 28.9 Å². The number of benzene rings is 1. The SMILES string of the molecule is Cc1c([N+](=O)[O-])c(C(F)(F)F)nn1CC(=O)Nc1cnn(Cc2cccc(F)c2)c1. The first kappa shape index (κ1) is 21.0. The Hall–Kier alpha value is -3.77. The zero-order valence-electron chi connectivity index (χ0n) is 15.4. The first-order chi connectivity index (χ1) is 14.0. The Morgan fingerprint density at radius 1 is 1.33 bits per heavy atom. The molecule has 0 saturated heterocycles. The average Bonchev–Trinajstić information content (AvgIpc) is 3.19. The molecule has 0 spiro atoms. The zero-order valence-corrected chi connectivity index (χ0v) is 15.4. The molecule has 0 saturated carbocycles. The number of carbonyl (C=O) groups is 1. The second-order valence-corrected chi connectivity index (χ2v) is 6.30. The van der Waals surface area contributed by atoms with Crippen LogP contribution in [-0.2, 0) is 24.1 Å². The highest BCUT2D eigenvalue weighted by Crippen LogP contribution is 2.36. The highest BCUT2D eigenvalue weighted by atomic mass is 19.4. The minimum Gasteiger partial charge on any atom is -0.322 e. The summed E-state index contributed by atoms with van der Waals surface area (Å²) in [6.07, 6.45) is -2.29. The summed E-state index contributed by atoms with van der Waals surface area (Å²) in [7, 11) is 0. The van der Waals surface area contributed by atoms with Crippen LogP contribution in [0.1, 0.15) is 17.0 Å².